The van der Waals surface area contributed by atoms with Gasteiger partial charge >= 0.3 is 6.09 Å². The Bertz CT molecular complexity index is 1080. The Hall–Kier alpha value is -2.86. The number of rotatable bonds is 7. The number of nitrogens with one attached hydrogen (secondary N) is 1. The lowest BCUT2D eigenvalue weighted by molar-refractivity contribution is 0.0510. The molecule has 1 aliphatic rings. The van der Waals surface area contributed by atoms with E-state index in [1.165, 1.54) is 12.1 Å². The van der Waals surface area contributed by atoms with E-state index >= 15 is 0 Å². The van der Waals surface area contributed by atoms with Gasteiger partial charge in [-0.25, -0.2) is 14.0 Å². The minimum atomic E-state index is -0.589. The van der Waals surface area contributed by atoms with Gasteiger partial charge in [-0.3, -0.25) is 4.90 Å². The summed E-state index contributed by atoms with van der Waals surface area (Å²) in [7, 11) is 0. The summed E-state index contributed by atoms with van der Waals surface area (Å²) in [6.07, 6.45) is -0.472. The zero-order valence-corrected chi connectivity index (χ0v) is 22.3. The molecule has 36 heavy (non-hydrogen) atoms. The summed E-state index contributed by atoms with van der Waals surface area (Å²) in [5.74, 6) is 1.82. The minimum Gasteiger partial charge on any atom is -0.444 e. The summed E-state index contributed by atoms with van der Waals surface area (Å²) in [6.45, 7) is 11.7. The van der Waals surface area contributed by atoms with Gasteiger partial charge in [0.05, 0.1) is 6.04 Å². The number of ether oxygens (including phenoxy) is 1. The van der Waals surface area contributed by atoms with Gasteiger partial charge in [-0.1, -0.05) is 35.9 Å². The predicted molar refractivity (Wildman–Crippen MR) is 140 cm³/mol. The summed E-state index contributed by atoms with van der Waals surface area (Å²) in [4.78, 5) is 28.7. The Morgan fingerprint density at radius 3 is 2.39 bits per heavy atom. The van der Waals surface area contributed by atoms with Crippen molar-refractivity contribution in [3.63, 3.8) is 0 Å². The maximum atomic E-state index is 13.3. The second kappa shape index (κ2) is 11.9. The normalized spacial score (nSPS) is 19.5. The molecule has 0 saturated carbocycles. The molecule has 1 fully saturated rings. The van der Waals surface area contributed by atoms with Crippen LogP contribution in [0.1, 0.15) is 51.7 Å². The molecule has 0 aliphatic carbocycles. The Kier molecular flexibility index (Phi) is 9.18. The number of alkyl carbamates (subject to hydrolysis) is 1. The third kappa shape index (κ3) is 7.57. The van der Waals surface area contributed by atoms with E-state index in [0.717, 1.165) is 11.1 Å². The van der Waals surface area contributed by atoms with Crippen LogP contribution >= 0.6 is 11.6 Å². The molecule has 3 rings (SSSR count). The molecule has 0 spiro atoms. The van der Waals surface area contributed by atoms with E-state index in [0.29, 0.717) is 36.9 Å². The lowest BCUT2D eigenvalue weighted by Crippen LogP contribution is -2.55. The molecule has 1 aliphatic heterocycles. The van der Waals surface area contributed by atoms with Gasteiger partial charge in [0.2, 0.25) is 0 Å². The SMILES string of the molecule is C[C@@H]1CN(CC(CNC(=O)OC(C)(C)C)c2ccc(Cl)cc2)[C@@H](C)C(=C=O)N1Cc1ccc(F)cc1. The number of carbonyl (C=O) groups is 1. The molecule has 2 aromatic rings. The lowest BCUT2D eigenvalue weighted by Gasteiger charge is -2.46. The molecule has 1 heterocycles. The van der Waals surface area contributed by atoms with E-state index in [2.05, 4.69) is 23.1 Å². The molecular weight excluding hydrogens is 481 g/mol. The molecular formula is C28H35ClFN3O3. The van der Waals surface area contributed by atoms with Gasteiger partial charge in [-0.2, -0.15) is 0 Å². The van der Waals surface area contributed by atoms with Crippen LogP contribution in [-0.2, 0) is 16.1 Å². The smallest absolute Gasteiger partial charge is 0.407 e. The topological polar surface area (TPSA) is 61.9 Å². The molecule has 194 valence electrons. The van der Waals surface area contributed by atoms with Crippen molar-refractivity contribution in [2.75, 3.05) is 19.6 Å². The minimum absolute atomic E-state index is 0.0346. The highest BCUT2D eigenvalue weighted by molar-refractivity contribution is 6.30. The Labute approximate surface area is 218 Å². The quantitative estimate of drug-likeness (QED) is 0.500. The van der Waals surface area contributed by atoms with Gasteiger partial charge in [-0.15, -0.1) is 0 Å². The van der Waals surface area contributed by atoms with E-state index in [1.807, 2.05) is 56.9 Å². The van der Waals surface area contributed by atoms with Crippen LogP contribution in [0.25, 0.3) is 0 Å². The molecule has 1 saturated heterocycles. The number of hydrogen-bond acceptors (Lipinski definition) is 5. The molecule has 1 amide bonds. The van der Waals surface area contributed by atoms with Crippen LogP contribution in [0.2, 0.25) is 5.02 Å². The first kappa shape index (κ1) is 27.7. The summed E-state index contributed by atoms with van der Waals surface area (Å²) in [5, 5.41) is 3.53. The summed E-state index contributed by atoms with van der Waals surface area (Å²) >= 11 is 6.11. The lowest BCUT2D eigenvalue weighted by atomic mass is 9.95. The van der Waals surface area contributed by atoms with Crippen molar-refractivity contribution in [2.45, 2.75) is 64.8 Å². The van der Waals surface area contributed by atoms with Crippen LogP contribution in [-0.4, -0.2) is 59.2 Å². The molecule has 0 aromatic heterocycles. The number of amides is 1. The highest BCUT2D eigenvalue weighted by atomic mass is 35.5. The molecule has 8 heteroatoms. The van der Waals surface area contributed by atoms with Crippen molar-refractivity contribution < 1.29 is 18.7 Å². The van der Waals surface area contributed by atoms with Crippen molar-refractivity contribution in [1.82, 2.24) is 15.1 Å². The van der Waals surface area contributed by atoms with Crippen LogP contribution in [0.15, 0.2) is 54.2 Å². The van der Waals surface area contributed by atoms with Gasteiger partial charge < -0.3 is 15.0 Å². The third-order valence-corrected chi connectivity index (χ3v) is 6.59. The average molecular weight is 516 g/mol. The number of halogens is 2. The monoisotopic (exact) mass is 515 g/mol. The maximum absolute atomic E-state index is 13.3. The highest BCUT2D eigenvalue weighted by Crippen LogP contribution is 2.28. The van der Waals surface area contributed by atoms with Gasteiger partial charge in [0.25, 0.3) is 0 Å². The first-order valence-electron chi connectivity index (χ1n) is 12.2. The van der Waals surface area contributed by atoms with E-state index in [1.54, 1.807) is 12.1 Å². The zero-order valence-electron chi connectivity index (χ0n) is 21.6. The van der Waals surface area contributed by atoms with Crippen LogP contribution < -0.4 is 5.32 Å². The van der Waals surface area contributed by atoms with Crippen molar-refractivity contribution >= 4 is 23.6 Å². The Morgan fingerprint density at radius 1 is 1.17 bits per heavy atom. The van der Waals surface area contributed by atoms with E-state index in [4.69, 9.17) is 16.3 Å². The van der Waals surface area contributed by atoms with Crippen molar-refractivity contribution in [3.8, 4) is 0 Å². The predicted octanol–water partition coefficient (Wildman–Crippen LogP) is 5.40. The molecule has 1 unspecified atom stereocenters. The highest BCUT2D eigenvalue weighted by Gasteiger charge is 2.35. The molecule has 2 aromatic carbocycles. The fourth-order valence-corrected chi connectivity index (χ4v) is 4.60. The van der Waals surface area contributed by atoms with Gasteiger partial charge in [0, 0.05) is 43.2 Å². The Balaban J connectivity index is 1.76. The molecule has 3 atom stereocenters. The van der Waals surface area contributed by atoms with E-state index in [9.17, 15) is 14.0 Å². The second-order valence-corrected chi connectivity index (χ2v) is 10.8. The zero-order chi connectivity index (χ0) is 26.5. The number of carbonyl (C=O) groups excluding carboxylic acids is 2. The van der Waals surface area contributed by atoms with Gasteiger partial charge in [-0.05, 0) is 70.0 Å². The number of hydrogen-bond donors (Lipinski definition) is 1. The maximum Gasteiger partial charge on any atom is 0.407 e. The second-order valence-electron chi connectivity index (χ2n) is 10.4. The van der Waals surface area contributed by atoms with E-state index < -0.39 is 11.7 Å². The van der Waals surface area contributed by atoms with Gasteiger partial charge in [0.15, 0.2) is 0 Å². The summed E-state index contributed by atoms with van der Waals surface area (Å²) in [6, 6.07) is 13.8. The number of piperazine rings is 1. The third-order valence-electron chi connectivity index (χ3n) is 6.34. The number of nitrogens with zero attached hydrogens (tertiary/aromatic N) is 2. The Morgan fingerprint density at radius 2 is 1.81 bits per heavy atom. The van der Waals surface area contributed by atoms with Crippen molar-refractivity contribution in [2.24, 2.45) is 0 Å². The first-order valence-corrected chi connectivity index (χ1v) is 12.6. The number of benzene rings is 2. The van der Waals surface area contributed by atoms with Crippen molar-refractivity contribution in [3.05, 3.63) is 76.2 Å². The summed E-state index contributed by atoms with van der Waals surface area (Å²) < 4.78 is 18.8. The van der Waals surface area contributed by atoms with Crippen molar-refractivity contribution in [1.29, 1.82) is 0 Å². The standard InChI is InChI=1S/C28H35ClFN3O3/c1-19-15-32(20(2)26(18-34)33(19)16-21-6-12-25(30)13-7-21)17-23(22-8-10-24(29)11-9-22)14-31-27(35)36-28(3,4)5/h6-13,19-20,23H,14-17H2,1-5H3,(H,31,35)/t19-,20+,23?/m1/s1. The average Bonchev–Trinajstić information content (AvgIpc) is 2.80. The summed E-state index contributed by atoms with van der Waals surface area (Å²) in [5.41, 5.74) is 1.93. The largest absolute Gasteiger partial charge is 0.444 e. The van der Waals surface area contributed by atoms with E-state index in [-0.39, 0.29) is 23.8 Å². The molecule has 0 radical (unpaired) electrons. The van der Waals surface area contributed by atoms with Crippen LogP contribution in [0.4, 0.5) is 9.18 Å². The van der Waals surface area contributed by atoms with Crippen LogP contribution in [0.5, 0.6) is 0 Å². The molecule has 1 N–H and O–H groups in total. The molecule has 0 bridgehead atoms. The van der Waals surface area contributed by atoms with Crippen LogP contribution in [0, 0.1) is 5.82 Å². The van der Waals surface area contributed by atoms with Crippen LogP contribution in [0.3, 0.4) is 0 Å². The fraction of sp³-hybridized carbons (Fsp3) is 0.464. The molecule has 6 nitrogen and oxygen atoms in total. The fourth-order valence-electron chi connectivity index (χ4n) is 4.48. The van der Waals surface area contributed by atoms with Gasteiger partial charge in [0.1, 0.15) is 23.1 Å². The first-order chi connectivity index (χ1) is 17.0.